The minimum Gasteiger partial charge on any atom is -0.395 e. The molecule has 23 heavy (non-hydrogen) atoms. The molecule has 1 aliphatic heterocycles. The Morgan fingerprint density at radius 1 is 1.48 bits per heavy atom. The molecule has 1 aromatic heterocycles. The molecule has 0 unspecified atom stereocenters. The van der Waals surface area contributed by atoms with Crippen LogP contribution in [0.25, 0.3) is 11.3 Å². The van der Waals surface area contributed by atoms with E-state index >= 15 is 0 Å². The lowest BCUT2D eigenvalue weighted by Gasteiger charge is -2.21. The standard InChI is InChI=1S/C17H21N3O2S/c1-12-18-15(11-23-12)13-3-4-16-14(9-13)5-6-20(16)17(22)10-19(2)7-8-21/h3-4,9,11,21H,5-8,10H2,1-2H3. The van der Waals surface area contributed by atoms with Crippen molar-refractivity contribution in [1.82, 2.24) is 9.88 Å². The number of rotatable bonds is 5. The summed E-state index contributed by atoms with van der Waals surface area (Å²) in [6.45, 7) is 3.63. The van der Waals surface area contributed by atoms with E-state index in [1.165, 1.54) is 5.56 Å². The molecule has 3 rings (SSSR count). The third kappa shape index (κ3) is 3.44. The molecule has 5 nitrogen and oxygen atoms in total. The molecule has 122 valence electrons. The third-order valence-corrected chi connectivity index (χ3v) is 4.85. The molecule has 1 N–H and O–H groups in total. The number of amides is 1. The zero-order valence-electron chi connectivity index (χ0n) is 13.5. The van der Waals surface area contributed by atoms with E-state index in [9.17, 15) is 4.79 Å². The predicted molar refractivity (Wildman–Crippen MR) is 92.9 cm³/mol. The van der Waals surface area contributed by atoms with Gasteiger partial charge in [0, 0.05) is 29.7 Å². The molecule has 6 heteroatoms. The lowest BCUT2D eigenvalue weighted by molar-refractivity contribution is -0.119. The van der Waals surface area contributed by atoms with E-state index < -0.39 is 0 Å². The molecule has 2 heterocycles. The van der Waals surface area contributed by atoms with Crippen LogP contribution in [0.4, 0.5) is 5.69 Å². The lowest BCUT2D eigenvalue weighted by Crippen LogP contribution is -2.39. The van der Waals surface area contributed by atoms with Crippen molar-refractivity contribution < 1.29 is 9.90 Å². The average molecular weight is 331 g/mol. The molecule has 0 bridgehead atoms. The highest BCUT2D eigenvalue weighted by molar-refractivity contribution is 7.09. The Morgan fingerprint density at radius 3 is 3.00 bits per heavy atom. The number of aliphatic hydroxyl groups excluding tert-OH is 1. The number of fused-ring (bicyclic) bond motifs is 1. The number of aryl methyl sites for hydroxylation is 1. The maximum absolute atomic E-state index is 12.4. The molecule has 1 amide bonds. The Morgan fingerprint density at radius 2 is 2.30 bits per heavy atom. The van der Waals surface area contributed by atoms with E-state index in [0.29, 0.717) is 13.1 Å². The van der Waals surface area contributed by atoms with E-state index in [4.69, 9.17) is 5.11 Å². The Kier molecular flexibility index (Phi) is 4.75. The molecule has 0 spiro atoms. The first-order valence-corrected chi connectivity index (χ1v) is 8.61. The van der Waals surface area contributed by atoms with Gasteiger partial charge in [0.25, 0.3) is 0 Å². The number of thiazole rings is 1. The number of anilines is 1. The lowest BCUT2D eigenvalue weighted by atomic mass is 10.1. The Bertz CT molecular complexity index is 714. The van der Waals surface area contributed by atoms with Gasteiger partial charge in [-0.1, -0.05) is 6.07 Å². The van der Waals surface area contributed by atoms with Gasteiger partial charge in [-0.15, -0.1) is 11.3 Å². The van der Waals surface area contributed by atoms with Crippen LogP contribution in [0.15, 0.2) is 23.6 Å². The number of hydrogen-bond donors (Lipinski definition) is 1. The first-order chi connectivity index (χ1) is 11.1. The fraction of sp³-hybridized carbons (Fsp3) is 0.412. The summed E-state index contributed by atoms with van der Waals surface area (Å²) in [5, 5.41) is 12.1. The maximum Gasteiger partial charge on any atom is 0.241 e. The molecule has 0 saturated carbocycles. The average Bonchev–Trinajstić information content (AvgIpc) is 3.12. The Labute approximate surface area is 140 Å². The summed E-state index contributed by atoms with van der Waals surface area (Å²) in [5.41, 5.74) is 4.32. The minimum atomic E-state index is 0.0663. The van der Waals surface area contributed by atoms with Crippen molar-refractivity contribution in [2.24, 2.45) is 0 Å². The van der Waals surface area contributed by atoms with Crippen molar-refractivity contribution >= 4 is 22.9 Å². The number of aliphatic hydroxyl groups is 1. The van der Waals surface area contributed by atoms with Gasteiger partial charge in [-0.3, -0.25) is 9.69 Å². The van der Waals surface area contributed by atoms with Crippen molar-refractivity contribution in [3.05, 3.63) is 34.2 Å². The van der Waals surface area contributed by atoms with Gasteiger partial charge in [-0.05, 0) is 38.1 Å². The van der Waals surface area contributed by atoms with Crippen LogP contribution in [0, 0.1) is 6.92 Å². The largest absolute Gasteiger partial charge is 0.395 e. The number of benzene rings is 1. The van der Waals surface area contributed by atoms with E-state index in [1.807, 2.05) is 35.9 Å². The number of hydrogen-bond acceptors (Lipinski definition) is 5. The molecule has 0 aliphatic carbocycles. The topological polar surface area (TPSA) is 56.7 Å². The van der Waals surface area contributed by atoms with Crippen molar-refractivity contribution in [1.29, 1.82) is 0 Å². The summed E-state index contributed by atoms with van der Waals surface area (Å²) in [6, 6.07) is 6.21. The molecule has 1 aromatic carbocycles. The van der Waals surface area contributed by atoms with E-state index in [1.54, 1.807) is 11.3 Å². The summed E-state index contributed by atoms with van der Waals surface area (Å²) in [5.74, 6) is 0.0805. The van der Waals surface area contributed by atoms with Crippen molar-refractivity contribution in [2.45, 2.75) is 13.3 Å². The Balaban J connectivity index is 1.77. The molecule has 2 aromatic rings. The fourth-order valence-corrected chi connectivity index (χ4v) is 3.50. The quantitative estimate of drug-likeness (QED) is 0.910. The highest BCUT2D eigenvalue weighted by Gasteiger charge is 2.25. The summed E-state index contributed by atoms with van der Waals surface area (Å²) in [6.07, 6.45) is 0.877. The summed E-state index contributed by atoms with van der Waals surface area (Å²) < 4.78 is 0. The van der Waals surface area contributed by atoms with Crippen molar-refractivity contribution in [2.75, 3.05) is 38.2 Å². The van der Waals surface area contributed by atoms with Crippen LogP contribution in [0.5, 0.6) is 0 Å². The van der Waals surface area contributed by atoms with Crippen LogP contribution in [0.1, 0.15) is 10.6 Å². The molecular weight excluding hydrogens is 310 g/mol. The summed E-state index contributed by atoms with van der Waals surface area (Å²) in [4.78, 5) is 20.7. The second-order valence-electron chi connectivity index (χ2n) is 5.85. The van der Waals surface area contributed by atoms with Gasteiger partial charge >= 0.3 is 0 Å². The van der Waals surface area contributed by atoms with E-state index in [0.717, 1.165) is 34.9 Å². The third-order valence-electron chi connectivity index (χ3n) is 4.08. The van der Waals surface area contributed by atoms with Crippen LogP contribution < -0.4 is 4.90 Å². The monoisotopic (exact) mass is 331 g/mol. The first-order valence-electron chi connectivity index (χ1n) is 7.73. The van der Waals surface area contributed by atoms with E-state index in [2.05, 4.69) is 16.4 Å². The van der Waals surface area contributed by atoms with Gasteiger partial charge in [0.05, 0.1) is 23.9 Å². The second-order valence-corrected chi connectivity index (χ2v) is 6.91. The SMILES string of the molecule is Cc1nc(-c2ccc3c(c2)CCN3C(=O)CN(C)CCO)cs1. The number of nitrogens with zero attached hydrogens (tertiary/aromatic N) is 3. The number of likely N-dealkylation sites (N-methyl/N-ethyl adjacent to an activating group) is 1. The molecule has 0 radical (unpaired) electrons. The molecular formula is C17H21N3O2S. The van der Waals surface area contributed by atoms with Gasteiger partial charge in [0.15, 0.2) is 0 Å². The maximum atomic E-state index is 12.4. The Hall–Kier alpha value is -1.76. The fourth-order valence-electron chi connectivity index (χ4n) is 2.88. The number of carbonyl (C=O) groups excluding carboxylic acids is 1. The highest BCUT2D eigenvalue weighted by Crippen LogP contribution is 2.32. The van der Waals surface area contributed by atoms with Gasteiger partial charge in [0.1, 0.15) is 0 Å². The van der Waals surface area contributed by atoms with Crippen LogP contribution in [-0.4, -0.2) is 54.2 Å². The second kappa shape index (κ2) is 6.78. The molecule has 0 saturated heterocycles. The van der Waals surface area contributed by atoms with E-state index in [-0.39, 0.29) is 12.5 Å². The normalized spacial score (nSPS) is 13.7. The van der Waals surface area contributed by atoms with Crippen LogP contribution in [-0.2, 0) is 11.2 Å². The van der Waals surface area contributed by atoms with Gasteiger partial charge < -0.3 is 10.0 Å². The van der Waals surface area contributed by atoms with Crippen LogP contribution in [0.2, 0.25) is 0 Å². The zero-order chi connectivity index (χ0) is 16.4. The highest BCUT2D eigenvalue weighted by atomic mass is 32.1. The zero-order valence-corrected chi connectivity index (χ0v) is 14.3. The predicted octanol–water partition coefficient (Wildman–Crippen LogP) is 1.93. The molecule has 1 aliphatic rings. The first kappa shape index (κ1) is 16.1. The van der Waals surface area contributed by atoms with Crippen molar-refractivity contribution in [3.8, 4) is 11.3 Å². The van der Waals surface area contributed by atoms with Crippen LogP contribution in [0.3, 0.4) is 0 Å². The van der Waals surface area contributed by atoms with Gasteiger partial charge in [-0.2, -0.15) is 0 Å². The number of carbonyl (C=O) groups is 1. The van der Waals surface area contributed by atoms with Crippen molar-refractivity contribution in [3.63, 3.8) is 0 Å². The minimum absolute atomic E-state index is 0.0663. The number of aromatic nitrogens is 1. The molecule has 0 fully saturated rings. The van der Waals surface area contributed by atoms with Gasteiger partial charge in [-0.25, -0.2) is 4.98 Å². The van der Waals surface area contributed by atoms with Crippen LogP contribution >= 0.6 is 11.3 Å². The summed E-state index contributed by atoms with van der Waals surface area (Å²) >= 11 is 1.65. The summed E-state index contributed by atoms with van der Waals surface area (Å²) in [7, 11) is 1.85. The van der Waals surface area contributed by atoms with Gasteiger partial charge in [0.2, 0.25) is 5.91 Å². The smallest absolute Gasteiger partial charge is 0.241 e. The molecule has 0 atom stereocenters.